The van der Waals surface area contributed by atoms with Gasteiger partial charge in [0.2, 0.25) is 0 Å². The maximum Gasteiger partial charge on any atom is 0.294 e. The Balaban J connectivity index is 1.79. The molecule has 0 saturated carbocycles. The number of halogens is 2. The summed E-state index contributed by atoms with van der Waals surface area (Å²) >= 11 is 13.2. The van der Waals surface area contributed by atoms with Crippen LogP contribution in [0.15, 0.2) is 23.1 Å². The van der Waals surface area contributed by atoms with E-state index in [0.717, 1.165) is 37.7 Å². The van der Waals surface area contributed by atoms with Gasteiger partial charge >= 0.3 is 0 Å². The van der Waals surface area contributed by atoms with Crippen LogP contribution in [0.3, 0.4) is 0 Å². The summed E-state index contributed by atoms with van der Waals surface area (Å²) in [5, 5.41) is 0.677. The predicted octanol–water partition coefficient (Wildman–Crippen LogP) is 4.47. The standard InChI is InChI=1S/C16H16Cl2N2O2S/c17-12-5-4-6-13(18)11(12)9-14-15(21)20(16(22)23-14)10-19-7-2-1-3-8-19/h4-6,9H,1-3,7-8,10H2. The Morgan fingerprint density at radius 1 is 1.09 bits per heavy atom. The summed E-state index contributed by atoms with van der Waals surface area (Å²) in [6.07, 6.45) is 5.04. The van der Waals surface area contributed by atoms with Crippen LogP contribution < -0.4 is 0 Å². The number of imide groups is 1. The number of benzene rings is 1. The highest BCUT2D eigenvalue weighted by Gasteiger charge is 2.36. The van der Waals surface area contributed by atoms with E-state index >= 15 is 0 Å². The van der Waals surface area contributed by atoms with Gasteiger partial charge in [0.15, 0.2) is 0 Å². The molecular formula is C16H16Cl2N2O2S. The fourth-order valence-corrected chi connectivity index (χ4v) is 4.02. The Labute approximate surface area is 149 Å². The lowest BCUT2D eigenvalue weighted by molar-refractivity contribution is -0.124. The van der Waals surface area contributed by atoms with Crippen molar-refractivity contribution in [1.29, 1.82) is 0 Å². The van der Waals surface area contributed by atoms with Gasteiger partial charge in [0.1, 0.15) is 0 Å². The van der Waals surface area contributed by atoms with Crippen LogP contribution >= 0.6 is 35.0 Å². The molecule has 122 valence electrons. The zero-order valence-electron chi connectivity index (χ0n) is 12.4. The molecule has 23 heavy (non-hydrogen) atoms. The molecule has 2 heterocycles. The summed E-state index contributed by atoms with van der Waals surface area (Å²) in [7, 11) is 0. The maximum atomic E-state index is 12.5. The topological polar surface area (TPSA) is 40.6 Å². The van der Waals surface area contributed by atoms with E-state index in [0.29, 0.717) is 27.2 Å². The summed E-state index contributed by atoms with van der Waals surface area (Å²) in [5.74, 6) is -0.276. The second-order valence-corrected chi connectivity index (χ2v) is 7.37. The Hall–Kier alpha value is -1.01. The van der Waals surface area contributed by atoms with E-state index in [2.05, 4.69) is 4.90 Å². The van der Waals surface area contributed by atoms with Gasteiger partial charge in [0, 0.05) is 15.6 Å². The third-order valence-electron chi connectivity index (χ3n) is 3.94. The van der Waals surface area contributed by atoms with E-state index < -0.39 is 0 Å². The number of amides is 2. The van der Waals surface area contributed by atoms with Crippen molar-refractivity contribution in [3.63, 3.8) is 0 Å². The SMILES string of the molecule is O=C1SC(=Cc2c(Cl)cccc2Cl)C(=O)N1CN1CCCCC1. The van der Waals surface area contributed by atoms with Crippen LogP contribution in [0.4, 0.5) is 4.79 Å². The fraction of sp³-hybridized carbons (Fsp3) is 0.375. The molecule has 0 unspecified atom stereocenters. The minimum absolute atomic E-state index is 0.241. The van der Waals surface area contributed by atoms with Gasteiger partial charge in [0.05, 0.1) is 11.6 Å². The molecule has 0 aliphatic carbocycles. The molecule has 0 spiro atoms. The summed E-state index contributed by atoms with van der Waals surface area (Å²) in [4.78, 5) is 28.5. The predicted molar refractivity (Wildman–Crippen MR) is 94.6 cm³/mol. The molecule has 0 atom stereocenters. The van der Waals surface area contributed by atoms with Gasteiger partial charge in [-0.2, -0.15) is 0 Å². The number of likely N-dealkylation sites (tertiary alicyclic amines) is 1. The molecule has 0 bridgehead atoms. The van der Waals surface area contributed by atoms with Crippen molar-refractivity contribution < 1.29 is 9.59 Å². The van der Waals surface area contributed by atoms with Crippen molar-refractivity contribution in [2.24, 2.45) is 0 Å². The van der Waals surface area contributed by atoms with Crippen molar-refractivity contribution in [3.8, 4) is 0 Å². The van der Waals surface area contributed by atoms with Gasteiger partial charge in [-0.25, -0.2) is 0 Å². The van der Waals surface area contributed by atoms with E-state index in [4.69, 9.17) is 23.2 Å². The summed E-state index contributed by atoms with van der Waals surface area (Å²) in [6.45, 7) is 2.21. The van der Waals surface area contributed by atoms with Gasteiger partial charge in [-0.3, -0.25) is 19.4 Å². The van der Waals surface area contributed by atoms with E-state index in [1.54, 1.807) is 24.3 Å². The van der Waals surface area contributed by atoms with Crippen LogP contribution in [0.1, 0.15) is 24.8 Å². The van der Waals surface area contributed by atoms with Crippen molar-refractivity contribution in [2.45, 2.75) is 19.3 Å². The van der Waals surface area contributed by atoms with E-state index in [-0.39, 0.29) is 11.1 Å². The number of hydrogen-bond donors (Lipinski definition) is 0. The largest absolute Gasteiger partial charge is 0.294 e. The second-order valence-electron chi connectivity index (χ2n) is 5.57. The first-order valence-electron chi connectivity index (χ1n) is 7.48. The summed E-state index contributed by atoms with van der Waals surface area (Å²) < 4.78 is 0. The first-order valence-corrected chi connectivity index (χ1v) is 9.05. The Bertz CT molecular complexity index is 652. The van der Waals surface area contributed by atoms with Crippen LogP contribution in [0.5, 0.6) is 0 Å². The van der Waals surface area contributed by atoms with Crippen LogP contribution in [0.2, 0.25) is 10.0 Å². The van der Waals surface area contributed by atoms with E-state index in [1.165, 1.54) is 11.3 Å². The molecule has 7 heteroatoms. The third-order valence-corrected chi connectivity index (χ3v) is 5.51. The molecule has 0 aromatic heterocycles. The average Bonchev–Trinajstić information content (AvgIpc) is 2.80. The summed E-state index contributed by atoms with van der Waals surface area (Å²) in [5.41, 5.74) is 0.569. The Morgan fingerprint density at radius 2 is 1.74 bits per heavy atom. The molecule has 1 aromatic carbocycles. The van der Waals surface area contributed by atoms with Crippen LogP contribution in [0.25, 0.3) is 6.08 Å². The van der Waals surface area contributed by atoms with Crippen molar-refractivity contribution in [1.82, 2.24) is 9.80 Å². The Morgan fingerprint density at radius 3 is 2.39 bits per heavy atom. The monoisotopic (exact) mass is 370 g/mol. The first-order chi connectivity index (χ1) is 11.1. The molecule has 2 saturated heterocycles. The molecule has 2 amide bonds. The molecule has 3 rings (SSSR count). The first kappa shape index (κ1) is 16.8. The average molecular weight is 371 g/mol. The van der Waals surface area contributed by atoms with Crippen molar-refractivity contribution in [2.75, 3.05) is 19.8 Å². The van der Waals surface area contributed by atoms with E-state index in [1.807, 2.05) is 0 Å². The van der Waals surface area contributed by atoms with Gasteiger partial charge in [-0.05, 0) is 55.9 Å². The lowest BCUT2D eigenvalue weighted by Crippen LogP contribution is -2.42. The normalized spacial score (nSPS) is 21.5. The highest BCUT2D eigenvalue weighted by Crippen LogP contribution is 2.35. The number of carbonyl (C=O) groups is 2. The van der Waals surface area contributed by atoms with Gasteiger partial charge in [-0.1, -0.05) is 35.7 Å². The minimum atomic E-state index is -0.276. The third kappa shape index (κ3) is 3.74. The number of nitrogens with zero attached hydrogens (tertiary/aromatic N) is 2. The molecule has 0 radical (unpaired) electrons. The highest BCUT2D eigenvalue weighted by atomic mass is 35.5. The highest BCUT2D eigenvalue weighted by molar-refractivity contribution is 8.18. The Kier molecular flexibility index (Phi) is 5.31. The van der Waals surface area contributed by atoms with Gasteiger partial charge in [0.25, 0.3) is 11.1 Å². The smallest absolute Gasteiger partial charge is 0.286 e. The number of hydrogen-bond acceptors (Lipinski definition) is 4. The minimum Gasteiger partial charge on any atom is -0.286 e. The zero-order valence-corrected chi connectivity index (χ0v) is 14.8. The molecular weight excluding hydrogens is 355 g/mol. The lowest BCUT2D eigenvalue weighted by Gasteiger charge is -2.29. The maximum absolute atomic E-state index is 12.5. The molecule has 2 aliphatic heterocycles. The van der Waals surface area contributed by atoms with Crippen LogP contribution in [-0.2, 0) is 4.79 Å². The second kappa shape index (κ2) is 7.26. The number of thioether (sulfide) groups is 1. The fourth-order valence-electron chi connectivity index (χ4n) is 2.70. The van der Waals surface area contributed by atoms with Crippen LogP contribution in [0, 0.1) is 0 Å². The molecule has 1 aromatic rings. The van der Waals surface area contributed by atoms with Crippen LogP contribution in [-0.4, -0.2) is 40.7 Å². The zero-order chi connectivity index (χ0) is 16.4. The number of piperidine rings is 1. The summed E-state index contributed by atoms with van der Waals surface area (Å²) in [6, 6.07) is 5.15. The quantitative estimate of drug-likeness (QED) is 0.735. The lowest BCUT2D eigenvalue weighted by atomic mass is 10.1. The van der Waals surface area contributed by atoms with Crippen molar-refractivity contribution in [3.05, 3.63) is 38.7 Å². The molecule has 4 nitrogen and oxygen atoms in total. The number of carbonyl (C=O) groups excluding carboxylic acids is 2. The van der Waals surface area contributed by atoms with Gasteiger partial charge in [-0.15, -0.1) is 0 Å². The number of rotatable bonds is 3. The molecule has 2 fully saturated rings. The molecule has 0 N–H and O–H groups in total. The van der Waals surface area contributed by atoms with E-state index in [9.17, 15) is 9.59 Å². The van der Waals surface area contributed by atoms with Crippen molar-refractivity contribution >= 4 is 52.2 Å². The van der Waals surface area contributed by atoms with Gasteiger partial charge < -0.3 is 0 Å². The molecule has 2 aliphatic rings.